The van der Waals surface area contributed by atoms with Gasteiger partial charge in [-0.1, -0.05) is 26.8 Å². The van der Waals surface area contributed by atoms with Gasteiger partial charge < -0.3 is 9.64 Å². The number of carbonyl (C=O) groups excluding carboxylic acids is 1. The first kappa shape index (κ1) is 26.5. The van der Waals surface area contributed by atoms with Gasteiger partial charge in [-0.25, -0.2) is 9.97 Å². The standard InChI is InChI=1S/C19H20F3N3O2S.C3H8/c1-5-16(26)25(6-2)11-15-23-17(12(3)18(24-15)28-4)13-7-9-14(10-8-13)27-19(20,21)22;1-3-2/h5,7-10H,1,6,11H2,2-4H3;3H2,1-2H3. The summed E-state index contributed by atoms with van der Waals surface area (Å²) in [6.45, 7) is 12.1. The van der Waals surface area contributed by atoms with Crippen molar-refractivity contribution in [1.29, 1.82) is 0 Å². The van der Waals surface area contributed by atoms with Crippen molar-refractivity contribution in [2.24, 2.45) is 0 Å². The molecule has 0 saturated heterocycles. The van der Waals surface area contributed by atoms with E-state index < -0.39 is 6.36 Å². The third-order valence-corrected chi connectivity index (χ3v) is 4.69. The average Bonchev–Trinajstić information content (AvgIpc) is 2.72. The zero-order valence-electron chi connectivity index (χ0n) is 18.4. The summed E-state index contributed by atoms with van der Waals surface area (Å²) in [6, 6.07) is 5.50. The molecule has 1 aromatic heterocycles. The van der Waals surface area contributed by atoms with Crippen LogP contribution in [-0.2, 0) is 11.3 Å². The smallest absolute Gasteiger partial charge is 0.406 e. The quantitative estimate of drug-likeness (QED) is 0.290. The molecule has 0 saturated carbocycles. The van der Waals surface area contributed by atoms with Crippen molar-refractivity contribution in [3.8, 4) is 17.0 Å². The highest BCUT2D eigenvalue weighted by Crippen LogP contribution is 2.30. The molecule has 1 heterocycles. The van der Waals surface area contributed by atoms with Crippen LogP contribution in [0.15, 0.2) is 41.9 Å². The number of rotatable bonds is 7. The lowest BCUT2D eigenvalue weighted by molar-refractivity contribution is -0.274. The van der Waals surface area contributed by atoms with E-state index in [-0.39, 0.29) is 18.2 Å². The van der Waals surface area contributed by atoms with Crippen LogP contribution in [0.4, 0.5) is 13.2 Å². The van der Waals surface area contributed by atoms with E-state index >= 15 is 0 Å². The SMILES string of the molecule is C=CC(=O)N(CC)Cc1nc(SC)c(C)c(-c2ccc(OC(F)(F)F)cc2)n1.CCC. The maximum absolute atomic E-state index is 12.3. The molecule has 0 bridgehead atoms. The first-order valence-corrected chi connectivity index (χ1v) is 11.0. The van der Waals surface area contributed by atoms with Crippen molar-refractivity contribution < 1.29 is 22.7 Å². The molecule has 0 aliphatic carbocycles. The fourth-order valence-electron chi connectivity index (χ4n) is 2.55. The Hall–Kier alpha value is -2.55. The molecule has 1 amide bonds. The number of alkyl halides is 3. The van der Waals surface area contributed by atoms with E-state index in [0.717, 1.165) is 10.6 Å². The monoisotopic (exact) mass is 455 g/mol. The molecular formula is C22H28F3N3O2S. The molecule has 0 atom stereocenters. The minimum Gasteiger partial charge on any atom is -0.406 e. The van der Waals surface area contributed by atoms with E-state index in [1.165, 1.54) is 48.5 Å². The Morgan fingerprint density at radius 1 is 1.19 bits per heavy atom. The number of nitrogens with zero attached hydrogens (tertiary/aromatic N) is 3. The number of amides is 1. The highest BCUT2D eigenvalue weighted by molar-refractivity contribution is 7.98. The van der Waals surface area contributed by atoms with Gasteiger partial charge in [0.15, 0.2) is 0 Å². The van der Waals surface area contributed by atoms with E-state index in [2.05, 4.69) is 35.1 Å². The topological polar surface area (TPSA) is 55.3 Å². The van der Waals surface area contributed by atoms with E-state index in [0.29, 0.717) is 23.6 Å². The van der Waals surface area contributed by atoms with Crippen molar-refractivity contribution in [2.75, 3.05) is 12.8 Å². The first-order valence-electron chi connectivity index (χ1n) is 9.79. The zero-order valence-corrected chi connectivity index (χ0v) is 19.2. The number of halogens is 3. The summed E-state index contributed by atoms with van der Waals surface area (Å²) >= 11 is 1.43. The number of carbonyl (C=O) groups is 1. The van der Waals surface area contributed by atoms with Crippen molar-refractivity contribution in [2.45, 2.75) is 52.0 Å². The Morgan fingerprint density at radius 3 is 2.23 bits per heavy atom. The second-order valence-corrected chi connectivity index (χ2v) is 7.25. The summed E-state index contributed by atoms with van der Waals surface area (Å²) in [5, 5.41) is 0.734. The van der Waals surface area contributed by atoms with Gasteiger partial charge in [-0.15, -0.1) is 24.9 Å². The van der Waals surface area contributed by atoms with Crippen molar-refractivity contribution in [1.82, 2.24) is 14.9 Å². The predicted octanol–water partition coefficient (Wildman–Crippen LogP) is 6.02. The fourth-order valence-corrected chi connectivity index (χ4v) is 3.15. The number of thioether (sulfide) groups is 1. The van der Waals surface area contributed by atoms with Gasteiger partial charge in [0.05, 0.1) is 12.2 Å². The lowest BCUT2D eigenvalue weighted by Crippen LogP contribution is -2.29. The molecule has 0 aliphatic rings. The molecule has 170 valence electrons. The molecule has 5 nitrogen and oxygen atoms in total. The van der Waals surface area contributed by atoms with Crippen LogP contribution in [-0.4, -0.2) is 39.9 Å². The van der Waals surface area contributed by atoms with Gasteiger partial charge in [-0.3, -0.25) is 4.79 Å². The highest BCUT2D eigenvalue weighted by Gasteiger charge is 2.31. The summed E-state index contributed by atoms with van der Waals surface area (Å²) in [5.41, 5.74) is 2.03. The Bertz CT molecular complexity index is 872. The molecule has 1 aromatic carbocycles. The molecule has 2 aromatic rings. The maximum Gasteiger partial charge on any atom is 0.573 e. The van der Waals surface area contributed by atoms with Gasteiger partial charge >= 0.3 is 6.36 Å². The first-order chi connectivity index (χ1) is 14.6. The Kier molecular flexibility index (Phi) is 10.5. The molecule has 0 unspecified atom stereocenters. The minimum absolute atomic E-state index is 0.206. The predicted molar refractivity (Wildman–Crippen MR) is 118 cm³/mol. The van der Waals surface area contributed by atoms with Gasteiger partial charge in [0.25, 0.3) is 0 Å². The number of aromatic nitrogens is 2. The molecule has 0 radical (unpaired) electrons. The van der Waals surface area contributed by atoms with Gasteiger partial charge in [-0.2, -0.15) is 0 Å². The van der Waals surface area contributed by atoms with E-state index in [4.69, 9.17) is 0 Å². The number of hydrogen-bond acceptors (Lipinski definition) is 5. The molecule has 9 heteroatoms. The lowest BCUT2D eigenvalue weighted by atomic mass is 10.1. The van der Waals surface area contributed by atoms with E-state index in [1.807, 2.05) is 20.1 Å². The number of benzene rings is 1. The Labute approximate surface area is 185 Å². The third-order valence-electron chi connectivity index (χ3n) is 3.90. The second-order valence-electron chi connectivity index (χ2n) is 6.46. The van der Waals surface area contributed by atoms with Crippen LogP contribution in [0.5, 0.6) is 5.75 Å². The van der Waals surface area contributed by atoms with Gasteiger partial charge in [0.2, 0.25) is 5.91 Å². The average molecular weight is 456 g/mol. The van der Waals surface area contributed by atoms with Crippen LogP contribution < -0.4 is 4.74 Å². The molecule has 0 spiro atoms. The molecule has 0 fully saturated rings. The second kappa shape index (κ2) is 12.3. The number of ether oxygens (including phenoxy) is 1. The molecular weight excluding hydrogens is 427 g/mol. The van der Waals surface area contributed by atoms with E-state index in [9.17, 15) is 18.0 Å². The van der Waals surface area contributed by atoms with Gasteiger partial charge in [0.1, 0.15) is 16.6 Å². The zero-order chi connectivity index (χ0) is 23.6. The summed E-state index contributed by atoms with van der Waals surface area (Å²) in [6.07, 6.45) is -0.393. The minimum atomic E-state index is -4.74. The summed E-state index contributed by atoms with van der Waals surface area (Å²) < 4.78 is 40.9. The van der Waals surface area contributed by atoms with Gasteiger partial charge in [-0.05, 0) is 50.4 Å². The normalized spacial score (nSPS) is 10.7. The summed E-state index contributed by atoms with van der Waals surface area (Å²) in [4.78, 5) is 22.5. The Balaban J connectivity index is 0.00000151. The molecule has 0 aliphatic heterocycles. The van der Waals surface area contributed by atoms with Crippen molar-refractivity contribution >= 4 is 17.7 Å². The van der Waals surface area contributed by atoms with Crippen LogP contribution >= 0.6 is 11.8 Å². The third kappa shape index (κ3) is 8.24. The van der Waals surface area contributed by atoms with Crippen LogP contribution in [0.1, 0.15) is 38.6 Å². The summed E-state index contributed by atoms with van der Waals surface area (Å²) in [5.74, 6) is -0.0905. The van der Waals surface area contributed by atoms with Crippen LogP contribution in [0.3, 0.4) is 0 Å². The maximum atomic E-state index is 12.3. The van der Waals surface area contributed by atoms with Crippen LogP contribution in [0.25, 0.3) is 11.3 Å². The van der Waals surface area contributed by atoms with Crippen molar-refractivity contribution in [3.63, 3.8) is 0 Å². The van der Waals surface area contributed by atoms with Crippen LogP contribution in [0.2, 0.25) is 0 Å². The lowest BCUT2D eigenvalue weighted by Gasteiger charge is -2.19. The number of likely N-dealkylation sites (N-methyl/N-ethyl adjacent to an activating group) is 1. The van der Waals surface area contributed by atoms with Gasteiger partial charge in [0, 0.05) is 17.7 Å². The molecule has 2 rings (SSSR count). The van der Waals surface area contributed by atoms with Crippen LogP contribution in [0, 0.1) is 6.92 Å². The molecule has 0 N–H and O–H groups in total. The Morgan fingerprint density at radius 2 is 1.77 bits per heavy atom. The highest BCUT2D eigenvalue weighted by atomic mass is 32.2. The molecule has 31 heavy (non-hydrogen) atoms. The largest absolute Gasteiger partial charge is 0.573 e. The van der Waals surface area contributed by atoms with Crippen molar-refractivity contribution in [3.05, 3.63) is 48.3 Å². The summed E-state index contributed by atoms with van der Waals surface area (Å²) in [7, 11) is 0. The fraction of sp³-hybridized carbons (Fsp3) is 0.409. The van der Waals surface area contributed by atoms with E-state index in [1.54, 1.807) is 4.90 Å². The number of hydrogen-bond donors (Lipinski definition) is 0.